The van der Waals surface area contributed by atoms with E-state index in [9.17, 15) is 5.11 Å². The third-order valence-corrected chi connectivity index (χ3v) is 8.90. The Labute approximate surface area is 263 Å². The van der Waals surface area contributed by atoms with Crippen molar-refractivity contribution in [3.05, 3.63) is 167 Å². The van der Waals surface area contributed by atoms with Gasteiger partial charge in [0.15, 0.2) is 0 Å². The largest absolute Gasteiger partial charge is 0.537 e. The molecule has 0 radical (unpaired) electrons. The van der Waals surface area contributed by atoms with Crippen LogP contribution in [0.15, 0.2) is 138 Å². The van der Waals surface area contributed by atoms with Gasteiger partial charge in [0.2, 0.25) is 0 Å². The molecule has 216 valence electrons. The number of phenols is 1. The van der Waals surface area contributed by atoms with E-state index in [-0.39, 0.29) is 5.75 Å². The summed E-state index contributed by atoms with van der Waals surface area (Å²) in [5, 5.41) is 13.0. The smallest absolute Gasteiger partial charge is 0.524 e. The third-order valence-electron chi connectivity index (χ3n) is 8.90. The Kier molecular flexibility index (Phi) is 6.35. The fourth-order valence-corrected chi connectivity index (χ4v) is 7.05. The number of hydrogen-bond donors (Lipinski definition) is 1. The van der Waals surface area contributed by atoms with E-state index in [0.717, 1.165) is 56.1 Å². The molecule has 1 N–H and O–H groups in total. The molecule has 5 heteroatoms. The molecule has 2 aliphatic heterocycles. The molecule has 0 fully saturated rings. The molecule has 5 aromatic carbocycles. The molecule has 2 aliphatic rings. The molecular formula is C40H31BN2O2. The predicted octanol–water partition coefficient (Wildman–Crippen LogP) is 8.39. The lowest BCUT2D eigenvalue weighted by Gasteiger charge is -2.30. The van der Waals surface area contributed by atoms with Crippen molar-refractivity contribution in [2.24, 2.45) is 4.99 Å². The number of aliphatic imine (C=N–C) groups is 1. The zero-order valence-electron chi connectivity index (χ0n) is 25.5. The predicted molar refractivity (Wildman–Crippen MR) is 186 cm³/mol. The molecule has 45 heavy (non-hydrogen) atoms. The zero-order valence-corrected chi connectivity index (χ0v) is 25.5. The number of hydrogen-bond acceptors (Lipinski definition) is 3. The summed E-state index contributed by atoms with van der Waals surface area (Å²) >= 11 is 0. The van der Waals surface area contributed by atoms with Gasteiger partial charge in [-0.05, 0) is 102 Å². The number of benzene rings is 5. The van der Waals surface area contributed by atoms with Crippen LogP contribution in [0.1, 0.15) is 33.5 Å². The monoisotopic (exact) mass is 582 g/mol. The van der Waals surface area contributed by atoms with Gasteiger partial charge in [-0.15, -0.1) is 0 Å². The van der Waals surface area contributed by atoms with E-state index in [1.807, 2.05) is 30.3 Å². The molecule has 0 unspecified atom stereocenters. The van der Waals surface area contributed by atoms with E-state index in [0.29, 0.717) is 5.56 Å². The number of para-hydroxylation sites is 2. The average Bonchev–Trinajstić information content (AvgIpc) is 3.71. The third kappa shape index (κ3) is 4.43. The van der Waals surface area contributed by atoms with Crippen molar-refractivity contribution in [3.63, 3.8) is 0 Å². The summed E-state index contributed by atoms with van der Waals surface area (Å²) in [4.78, 5) is 5.17. The van der Waals surface area contributed by atoms with Gasteiger partial charge in [0.05, 0.1) is 11.4 Å². The molecule has 0 saturated carbocycles. The van der Waals surface area contributed by atoms with Gasteiger partial charge in [0, 0.05) is 28.1 Å². The molecular weight excluding hydrogens is 551 g/mol. The van der Waals surface area contributed by atoms with Gasteiger partial charge in [-0.25, -0.2) is 4.99 Å². The summed E-state index contributed by atoms with van der Waals surface area (Å²) < 4.78 is 9.28. The second kappa shape index (κ2) is 10.6. The van der Waals surface area contributed by atoms with Crippen molar-refractivity contribution >= 4 is 34.6 Å². The average molecular weight is 583 g/mol. The first kappa shape index (κ1) is 27.0. The minimum atomic E-state index is -0.403. The van der Waals surface area contributed by atoms with Crippen LogP contribution in [0.25, 0.3) is 27.6 Å². The number of aromatic nitrogens is 1. The Morgan fingerprint density at radius 2 is 1.44 bits per heavy atom. The van der Waals surface area contributed by atoms with Gasteiger partial charge >= 0.3 is 7.05 Å². The maximum Gasteiger partial charge on any atom is 0.524 e. The van der Waals surface area contributed by atoms with Gasteiger partial charge in [-0.1, -0.05) is 84.4 Å². The van der Waals surface area contributed by atoms with Crippen LogP contribution in [0, 0.1) is 20.8 Å². The minimum Gasteiger partial charge on any atom is -0.537 e. The summed E-state index contributed by atoms with van der Waals surface area (Å²) in [5.74, 6) is 1.08. The second-order valence-electron chi connectivity index (χ2n) is 11.9. The zero-order chi connectivity index (χ0) is 30.7. The summed E-state index contributed by atoms with van der Waals surface area (Å²) in [7, 11) is -0.403. The number of aromatic hydroxyl groups is 1. The number of phenolic OH excluding ortho intramolecular Hbond substituents is 1. The molecule has 4 nitrogen and oxygen atoms in total. The molecule has 0 atom stereocenters. The highest BCUT2D eigenvalue weighted by Gasteiger charge is 2.37. The van der Waals surface area contributed by atoms with Crippen molar-refractivity contribution in [1.29, 1.82) is 0 Å². The van der Waals surface area contributed by atoms with Gasteiger partial charge in [-0.3, -0.25) is 0 Å². The maximum absolute atomic E-state index is 10.7. The lowest BCUT2D eigenvalue weighted by molar-refractivity contribution is 0.474. The fraction of sp³-hybridized carbons (Fsp3) is 0.0750. The molecule has 1 aromatic heterocycles. The molecule has 0 bridgehead atoms. The Balaban J connectivity index is 1.44. The Morgan fingerprint density at radius 1 is 0.733 bits per heavy atom. The summed E-state index contributed by atoms with van der Waals surface area (Å²) in [6.07, 6.45) is 4.07. The molecule has 6 aromatic rings. The standard InChI is InChI=1S/C40H31BN2O2/c1-25-23-26(2)39(27(3)24-25)40(34-20-19-33(42-34)30-14-6-8-17-37(30)44)36-22-21-35-31-15-7-9-18-38(31)45-41(43(35)36)32-16-10-12-28-11-4-5-13-29(28)32/h4-24,44H,1-3H3/b40-34-. The summed E-state index contributed by atoms with van der Waals surface area (Å²) in [6, 6.07) is 39.5. The highest BCUT2D eigenvalue weighted by molar-refractivity contribution is 6.70. The van der Waals surface area contributed by atoms with Gasteiger partial charge < -0.3 is 14.2 Å². The second-order valence-corrected chi connectivity index (χ2v) is 11.9. The van der Waals surface area contributed by atoms with Crippen molar-refractivity contribution in [3.8, 4) is 22.8 Å². The van der Waals surface area contributed by atoms with Crippen LogP contribution in [0.3, 0.4) is 0 Å². The highest BCUT2D eigenvalue weighted by Crippen LogP contribution is 2.42. The number of fused-ring (bicyclic) bond motifs is 4. The van der Waals surface area contributed by atoms with Crippen LogP contribution < -0.4 is 10.1 Å². The van der Waals surface area contributed by atoms with E-state index in [1.54, 1.807) is 6.07 Å². The molecule has 0 spiro atoms. The number of rotatable bonds is 4. The molecule has 8 rings (SSSR count). The number of aryl methyl sites for hydroxylation is 3. The van der Waals surface area contributed by atoms with Crippen molar-refractivity contribution in [2.45, 2.75) is 20.8 Å². The van der Waals surface area contributed by atoms with Gasteiger partial charge in [0.1, 0.15) is 11.5 Å². The lowest BCUT2D eigenvalue weighted by Crippen LogP contribution is -2.47. The molecule has 0 amide bonds. The fourth-order valence-electron chi connectivity index (χ4n) is 7.05. The van der Waals surface area contributed by atoms with E-state index in [2.05, 4.69) is 116 Å². The van der Waals surface area contributed by atoms with Crippen molar-refractivity contribution in [2.75, 3.05) is 0 Å². The van der Waals surface area contributed by atoms with Gasteiger partial charge in [0.25, 0.3) is 0 Å². The maximum atomic E-state index is 10.7. The van der Waals surface area contributed by atoms with E-state index < -0.39 is 7.05 Å². The normalized spacial score (nSPS) is 14.6. The SMILES string of the molecule is Cc1cc(C)c(/C(=C2/C=CC(c3ccccc3O)=N2)c2ccc3n2B(c2cccc4ccccc24)Oc2ccccc2-3)c(C)c1. The van der Waals surface area contributed by atoms with Crippen LogP contribution in [0.5, 0.6) is 11.5 Å². The Hall–Kier alpha value is -5.55. The van der Waals surface area contributed by atoms with E-state index >= 15 is 0 Å². The summed E-state index contributed by atoms with van der Waals surface area (Å²) in [6.45, 7) is 6.49. The number of nitrogens with zero attached hydrogens (tertiary/aromatic N) is 2. The Bertz CT molecular complexity index is 2230. The van der Waals surface area contributed by atoms with Crippen molar-refractivity contribution < 1.29 is 9.76 Å². The molecule has 0 saturated heterocycles. The topological polar surface area (TPSA) is 46.8 Å². The first-order valence-electron chi connectivity index (χ1n) is 15.3. The van der Waals surface area contributed by atoms with E-state index in [4.69, 9.17) is 9.65 Å². The Morgan fingerprint density at radius 3 is 2.27 bits per heavy atom. The summed E-state index contributed by atoms with van der Waals surface area (Å²) in [5.41, 5.74) is 12.3. The van der Waals surface area contributed by atoms with Crippen molar-refractivity contribution in [1.82, 2.24) is 4.48 Å². The molecule has 3 heterocycles. The molecule has 0 aliphatic carbocycles. The first-order valence-corrected chi connectivity index (χ1v) is 15.3. The minimum absolute atomic E-state index is 0.215. The van der Waals surface area contributed by atoms with E-state index in [1.165, 1.54) is 22.1 Å². The van der Waals surface area contributed by atoms with Crippen LogP contribution in [0.2, 0.25) is 0 Å². The van der Waals surface area contributed by atoms with Crippen LogP contribution in [-0.2, 0) is 0 Å². The first-order chi connectivity index (χ1) is 22.0. The quantitative estimate of drug-likeness (QED) is 0.212. The lowest BCUT2D eigenvalue weighted by atomic mass is 9.68. The van der Waals surface area contributed by atoms with Crippen LogP contribution in [0.4, 0.5) is 0 Å². The van der Waals surface area contributed by atoms with Crippen LogP contribution in [-0.4, -0.2) is 22.3 Å². The van der Waals surface area contributed by atoms with Gasteiger partial charge in [-0.2, -0.15) is 0 Å². The highest BCUT2D eigenvalue weighted by atomic mass is 16.4. The number of allylic oxidation sites excluding steroid dienone is 2. The van der Waals surface area contributed by atoms with Crippen LogP contribution >= 0.6 is 0 Å².